The topological polar surface area (TPSA) is 46.5 Å². The van der Waals surface area contributed by atoms with Crippen molar-refractivity contribution >= 4 is 12.0 Å². The molecule has 19 heavy (non-hydrogen) atoms. The molecule has 0 spiro atoms. The number of carbonyl (C=O) groups is 1. The Balaban J connectivity index is 1.88. The molecule has 102 valence electrons. The number of carbonyl (C=O) groups excluding carboxylic acids is 1. The third kappa shape index (κ3) is 4.43. The van der Waals surface area contributed by atoms with Crippen LogP contribution < -0.4 is 0 Å². The van der Waals surface area contributed by atoms with Gasteiger partial charge in [-0.3, -0.25) is 0 Å². The number of para-hydroxylation sites is 1. The van der Waals surface area contributed by atoms with E-state index in [1.807, 2.05) is 6.07 Å². The first-order valence-electron chi connectivity index (χ1n) is 6.92. The van der Waals surface area contributed by atoms with Gasteiger partial charge in [-0.1, -0.05) is 31.0 Å². The summed E-state index contributed by atoms with van der Waals surface area (Å²) in [6, 6.07) is 6.91. The highest BCUT2D eigenvalue weighted by Gasteiger charge is 2.15. The van der Waals surface area contributed by atoms with E-state index >= 15 is 0 Å². The second-order valence-electron chi connectivity index (χ2n) is 4.94. The predicted octanol–water partition coefficient (Wildman–Crippen LogP) is 3.67. The van der Waals surface area contributed by atoms with Crippen molar-refractivity contribution in [1.82, 2.24) is 0 Å². The van der Waals surface area contributed by atoms with Gasteiger partial charge in [-0.15, -0.1) is 0 Å². The summed E-state index contributed by atoms with van der Waals surface area (Å²) in [5, 5.41) is 9.58. The first-order valence-corrected chi connectivity index (χ1v) is 6.92. The summed E-state index contributed by atoms with van der Waals surface area (Å²) in [4.78, 5) is 11.7. The Labute approximate surface area is 113 Å². The lowest BCUT2D eigenvalue weighted by atomic mass is 10.1. The summed E-state index contributed by atoms with van der Waals surface area (Å²) in [6.45, 7) is 0. The van der Waals surface area contributed by atoms with E-state index in [1.54, 1.807) is 24.3 Å². The fourth-order valence-corrected chi connectivity index (χ4v) is 2.35. The molecule has 1 N–H and O–H groups in total. The van der Waals surface area contributed by atoms with Crippen LogP contribution in [0.15, 0.2) is 30.3 Å². The first kappa shape index (κ1) is 13.7. The second-order valence-corrected chi connectivity index (χ2v) is 4.94. The fraction of sp³-hybridized carbons (Fsp3) is 0.438. The number of rotatable bonds is 3. The van der Waals surface area contributed by atoms with Gasteiger partial charge < -0.3 is 9.84 Å². The third-order valence-electron chi connectivity index (χ3n) is 3.42. The summed E-state index contributed by atoms with van der Waals surface area (Å²) in [7, 11) is 0. The molecule has 1 aliphatic rings. The average Bonchev–Trinajstić information content (AvgIpc) is 2.66. The Morgan fingerprint density at radius 3 is 2.53 bits per heavy atom. The standard InChI is InChI=1S/C16H20O3/c17-15-10-6-5-7-13(15)11-12-16(18)19-14-8-3-1-2-4-9-14/h5-7,10-12,14,17H,1-4,8-9H2. The maximum atomic E-state index is 11.7. The SMILES string of the molecule is O=C(C=Cc1ccccc1O)OC1CCCCCC1. The third-order valence-corrected chi connectivity index (χ3v) is 3.42. The van der Waals surface area contributed by atoms with Crippen molar-refractivity contribution in [3.05, 3.63) is 35.9 Å². The highest BCUT2D eigenvalue weighted by atomic mass is 16.5. The van der Waals surface area contributed by atoms with Crippen LogP contribution in [0.3, 0.4) is 0 Å². The molecule has 0 unspecified atom stereocenters. The van der Waals surface area contributed by atoms with Gasteiger partial charge in [-0.05, 0) is 37.8 Å². The number of phenols is 1. The van der Waals surface area contributed by atoms with E-state index in [1.165, 1.54) is 18.9 Å². The minimum absolute atomic E-state index is 0.0593. The number of esters is 1. The van der Waals surface area contributed by atoms with Crippen LogP contribution in [0.25, 0.3) is 6.08 Å². The van der Waals surface area contributed by atoms with Gasteiger partial charge in [0.1, 0.15) is 11.9 Å². The average molecular weight is 260 g/mol. The molecule has 3 heteroatoms. The molecule has 0 aromatic heterocycles. The molecule has 2 rings (SSSR count). The van der Waals surface area contributed by atoms with Gasteiger partial charge in [0.2, 0.25) is 0 Å². The number of hydrogen-bond acceptors (Lipinski definition) is 3. The Morgan fingerprint density at radius 2 is 1.84 bits per heavy atom. The number of ether oxygens (including phenoxy) is 1. The highest BCUT2D eigenvalue weighted by Crippen LogP contribution is 2.20. The molecule has 1 aromatic carbocycles. The van der Waals surface area contributed by atoms with Crippen molar-refractivity contribution in [2.45, 2.75) is 44.6 Å². The molecule has 0 radical (unpaired) electrons. The van der Waals surface area contributed by atoms with Crippen LogP contribution in [0.1, 0.15) is 44.1 Å². The smallest absolute Gasteiger partial charge is 0.331 e. The van der Waals surface area contributed by atoms with Crippen LogP contribution in [0, 0.1) is 0 Å². The number of hydrogen-bond donors (Lipinski definition) is 1. The molecule has 1 saturated carbocycles. The Kier molecular flexibility index (Phi) is 5.01. The molecule has 1 fully saturated rings. The lowest BCUT2D eigenvalue weighted by Crippen LogP contribution is -2.15. The molecule has 0 heterocycles. The highest BCUT2D eigenvalue weighted by molar-refractivity contribution is 5.87. The largest absolute Gasteiger partial charge is 0.507 e. The second kappa shape index (κ2) is 6.98. The van der Waals surface area contributed by atoms with Crippen LogP contribution in [0.4, 0.5) is 0 Å². The van der Waals surface area contributed by atoms with E-state index in [9.17, 15) is 9.90 Å². The molecule has 0 atom stereocenters. The Bertz CT molecular complexity index is 443. The molecule has 3 nitrogen and oxygen atoms in total. The van der Waals surface area contributed by atoms with Crippen molar-refractivity contribution in [1.29, 1.82) is 0 Å². The summed E-state index contributed by atoms with van der Waals surface area (Å²) in [5.74, 6) is -0.156. The number of aromatic hydroxyl groups is 1. The van der Waals surface area contributed by atoms with E-state index in [2.05, 4.69) is 0 Å². The van der Waals surface area contributed by atoms with E-state index in [0.717, 1.165) is 25.7 Å². The lowest BCUT2D eigenvalue weighted by Gasteiger charge is -2.13. The van der Waals surface area contributed by atoms with Crippen LogP contribution in [0.2, 0.25) is 0 Å². The normalized spacial score (nSPS) is 17.3. The monoisotopic (exact) mass is 260 g/mol. The van der Waals surface area contributed by atoms with Crippen molar-refractivity contribution in [2.75, 3.05) is 0 Å². The summed E-state index contributed by atoms with van der Waals surface area (Å²) in [6.07, 6.45) is 9.73. The molecule has 0 aliphatic heterocycles. The van der Waals surface area contributed by atoms with Crippen LogP contribution in [-0.4, -0.2) is 17.2 Å². The van der Waals surface area contributed by atoms with Gasteiger partial charge in [-0.25, -0.2) is 4.79 Å². The summed E-state index contributed by atoms with van der Waals surface area (Å²) < 4.78 is 5.43. The zero-order chi connectivity index (χ0) is 13.5. The number of benzene rings is 1. The molecule has 1 aromatic rings. The van der Waals surface area contributed by atoms with E-state index in [0.29, 0.717) is 5.56 Å². The Morgan fingerprint density at radius 1 is 1.16 bits per heavy atom. The van der Waals surface area contributed by atoms with Crippen LogP contribution in [-0.2, 0) is 9.53 Å². The van der Waals surface area contributed by atoms with E-state index in [-0.39, 0.29) is 17.8 Å². The van der Waals surface area contributed by atoms with Crippen LogP contribution in [0.5, 0.6) is 5.75 Å². The quantitative estimate of drug-likeness (QED) is 0.512. The van der Waals surface area contributed by atoms with Gasteiger partial charge in [0.05, 0.1) is 0 Å². The zero-order valence-corrected chi connectivity index (χ0v) is 11.0. The molecule has 1 aliphatic carbocycles. The summed E-state index contributed by atoms with van der Waals surface area (Å²) >= 11 is 0. The van der Waals surface area contributed by atoms with E-state index < -0.39 is 0 Å². The van der Waals surface area contributed by atoms with Crippen LogP contribution >= 0.6 is 0 Å². The maximum Gasteiger partial charge on any atom is 0.331 e. The van der Waals surface area contributed by atoms with Gasteiger partial charge in [0.15, 0.2) is 0 Å². The van der Waals surface area contributed by atoms with Crippen molar-refractivity contribution in [3.63, 3.8) is 0 Å². The maximum absolute atomic E-state index is 11.7. The van der Waals surface area contributed by atoms with Gasteiger partial charge in [-0.2, -0.15) is 0 Å². The molecule has 0 bridgehead atoms. The molecule has 0 amide bonds. The minimum atomic E-state index is -0.324. The van der Waals surface area contributed by atoms with Gasteiger partial charge >= 0.3 is 5.97 Å². The van der Waals surface area contributed by atoms with Crippen molar-refractivity contribution in [2.24, 2.45) is 0 Å². The first-order chi connectivity index (χ1) is 9.25. The summed E-state index contributed by atoms with van der Waals surface area (Å²) in [5.41, 5.74) is 0.625. The van der Waals surface area contributed by atoms with Crippen molar-refractivity contribution in [3.8, 4) is 5.75 Å². The van der Waals surface area contributed by atoms with Gasteiger partial charge in [0.25, 0.3) is 0 Å². The fourth-order valence-electron chi connectivity index (χ4n) is 2.35. The Hall–Kier alpha value is -1.77. The molecule has 0 saturated heterocycles. The van der Waals surface area contributed by atoms with Gasteiger partial charge in [0, 0.05) is 11.6 Å². The lowest BCUT2D eigenvalue weighted by molar-refractivity contribution is -0.143. The zero-order valence-electron chi connectivity index (χ0n) is 11.0. The number of phenolic OH excluding ortho intramolecular Hbond substituents is 1. The van der Waals surface area contributed by atoms with Crippen molar-refractivity contribution < 1.29 is 14.6 Å². The van der Waals surface area contributed by atoms with E-state index in [4.69, 9.17) is 4.74 Å². The predicted molar refractivity (Wildman–Crippen MR) is 74.7 cm³/mol. The molecular weight excluding hydrogens is 240 g/mol. The minimum Gasteiger partial charge on any atom is -0.507 e. The molecular formula is C16H20O3.